The van der Waals surface area contributed by atoms with Crippen LogP contribution in [0.3, 0.4) is 0 Å². The van der Waals surface area contributed by atoms with Crippen molar-refractivity contribution in [1.82, 2.24) is 4.98 Å². The molecule has 0 atom stereocenters. The van der Waals surface area contributed by atoms with Crippen molar-refractivity contribution in [3.8, 4) is 5.88 Å². The van der Waals surface area contributed by atoms with Gasteiger partial charge in [-0.15, -0.1) is 11.3 Å². The maximum atomic E-state index is 5.56. The fourth-order valence-corrected chi connectivity index (χ4v) is 2.06. The highest BCUT2D eigenvalue weighted by molar-refractivity contribution is 7.09. The average molecular weight is 234 g/mol. The molecule has 0 unspecified atom stereocenters. The van der Waals surface area contributed by atoms with Crippen LogP contribution >= 0.6 is 11.3 Å². The highest BCUT2D eigenvalue weighted by Crippen LogP contribution is 2.12. The fraction of sp³-hybridized carbons (Fsp3) is 0.250. The van der Waals surface area contributed by atoms with Crippen molar-refractivity contribution in [2.45, 2.75) is 13.0 Å². The lowest BCUT2D eigenvalue weighted by molar-refractivity contribution is 0.310. The largest absolute Gasteiger partial charge is 0.477 e. The molecule has 2 rings (SSSR count). The van der Waals surface area contributed by atoms with E-state index in [1.165, 1.54) is 4.88 Å². The Kier molecular flexibility index (Phi) is 3.91. The van der Waals surface area contributed by atoms with Gasteiger partial charge in [0.15, 0.2) is 0 Å². The second-order valence-corrected chi connectivity index (χ2v) is 4.42. The highest BCUT2D eigenvalue weighted by atomic mass is 32.1. The normalized spacial score (nSPS) is 10.3. The predicted octanol–water partition coefficient (Wildman–Crippen LogP) is 2.22. The number of nitrogens with two attached hydrogens (primary N) is 1. The van der Waals surface area contributed by atoms with Crippen LogP contribution in [0.25, 0.3) is 0 Å². The molecule has 0 aliphatic carbocycles. The first-order valence-electron chi connectivity index (χ1n) is 5.18. The Morgan fingerprint density at radius 2 is 2.31 bits per heavy atom. The molecule has 3 nitrogen and oxygen atoms in total. The smallest absolute Gasteiger partial charge is 0.213 e. The van der Waals surface area contributed by atoms with Crippen LogP contribution in [0.4, 0.5) is 0 Å². The molecule has 0 saturated heterocycles. The van der Waals surface area contributed by atoms with E-state index in [4.69, 9.17) is 10.5 Å². The number of thiophene rings is 1. The van der Waals surface area contributed by atoms with E-state index >= 15 is 0 Å². The molecule has 0 fully saturated rings. The summed E-state index contributed by atoms with van der Waals surface area (Å²) in [5, 5.41) is 2.07. The van der Waals surface area contributed by atoms with Crippen LogP contribution in [0.1, 0.15) is 10.4 Å². The van der Waals surface area contributed by atoms with E-state index in [2.05, 4.69) is 16.4 Å². The maximum absolute atomic E-state index is 5.56. The summed E-state index contributed by atoms with van der Waals surface area (Å²) >= 11 is 1.75. The fourth-order valence-electron chi connectivity index (χ4n) is 1.37. The van der Waals surface area contributed by atoms with Crippen molar-refractivity contribution in [3.63, 3.8) is 0 Å². The highest BCUT2D eigenvalue weighted by Gasteiger charge is 1.98. The molecule has 2 aromatic heterocycles. The summed E-state index contributed by atoms with van der Waals surface area (Å²) in [5.74, 6) is 0.652. The molecule has 84 valence electrons. The zero-order valence-corrected chi connectivity index (χ0v) is 9.74. The quantitative estimate of drug-likeness (QED) is 0.863. The van der Waals surface area contributed by atoms with E-state index in [1.54, 1.807) is 17.5 Å². The third-order valence-electron chi connectivity index (χ3n) is 2.21. The van der Waals surface area contributed by atoms with Gasteiger partial charge in [-0.1, -0.05) is 6.07 Å². The van der Waals surface area contributed by atoms with Crippen LogP contribution < -0.4 is 10.5 Å². The molecule has 4 heteroatoms. The molecule has 0 amide bonds. The Morgan fingerprint density at radius 1 is 1.38 bits per heavy atom. The van der Waals surface area contributed by atoms with Gasteiger partial charge in [-0.2, -0.15) is 0 Å². The number of nitrogens with zero attached hydrogens (tertiary/aromatic N) is 1. The lowest BCUT2D eigenvalue weighted by Gasteiger charge is -2.05. The summed E-state index contributed by atoms with van der Waals surface area (Å²) in [4.78, 5) is 5.46. The molecule has 0 radical (unpaired) electrons. The topological polar surface area (TPSA) is 48.1 Å². The number of rotatable bonds is 5. The van der Waals surface area contributed by atoms with Crippen molar-refractivity contribution in [2.24, 2.45) is 5.73 Å². The molecule has 0 bridgehead atoms. The van der Waals surface area contributed by atoms with Gasteiger partial charge >= 0.3 is 0 Å². The van der Waals surface area contributed by atoms with Gasteiger partial charge in [-0.05, 0) is 23.1 Å². The summed E-state index contributed by atoms with van der Waals surface area (Å²) in [6, 6.07) is 7.94. The summed E-state index contributed by atoms with van der Waals surface area (Å²) in [5.41, 5.74) is 6.59. The standard InChI is InChI=1S/C12H14N2OS/c13-9-10-3-5-14-12(8-10)15-6-4-11-2-1-7-16-11/h1-3,5,7-8H,4,6,9,13H2. The minimum Gasteiger partial charge on any atom is -0.477 e. The molecule has 0 aromatic carbocycles. The maximum Gasteiger partial charge on any atom is 0.213 e. The van der Waals surface area contributed by atoms with Gasteiger partial charge in [0.2, 0.25) is 5.88 Å². The number of hydrogen-bond donors (Lipinski definition) is 1. The molecule has 0 spiro atoms. The van der Waals surface area contributed by atoms with Gasteiger partial charge in [-0.25, -0.2) is 4.98 Å². The predicted molar refractivity (Wildman–Crippen MR) is 65.6 cm³/mol. The Bertz CT molecular complexity index is 428. The Morgan fingerprint density at radius 3 is 3.06 bits per heavy atom. The second-order valence-electron chi connectivity index (χ2n) is 3.38. The van der Waals surface area contributed by atoms with Crippen molar-refractivity contribution in [2.75, 3.05) is 6.61 Å². The van der Waals surface area contributed by atoms with Gasteiger partial charge in [0.05, 0.1) is 6.61 Å². The molecular weight excluding hydrogens is 220 g/mol. The minimum atomic E-state index is 0.518. The monoisotopic (exact) mass is 234 g/mol. The zero-order chi connectivity index (χ0) is 11.2. The lowest BCUT2D eigenvalue weighted by Crippen LogP contribution is -2.03. The van der Waals surface area contributed by atoms with Gasteiger partial charge in [-0.3, -0.25) is 0 Å². The van der Waals surface area contributed by atoms with E-state index < -0.39 is 0 Å². The second kappa shape index (κ2) is 5.63. The molecular formula is C12H14N2OS. The first-order valence-corrected chi connectivity index (χ1v) is 6.06. The summed E-state index contributed by atoms with van der Waals surface area (Å²) in [6.45, 7) is 1.17. The first kappa shape index (κ1) is 11.1. The molecule has 0 aliphatic rings. The van der Waals surface area contributed by atoms with Crippen LogP contribution in [-0.4, -0.2) is 11.6 Å². The molecule has 2 aromatic rings. The van der Waals surface area contributed by atoms with Crippen molar-refractivity contribution < 1.29 is 4.74 Å². The van der Waals surface area contributed by atoms with Crippen LogP contribution in [0.2, 0.25) is 0 Å². The first-order chi connectivity index (χ1) is 7.88. The SMILES string of the molecule is NCc1ccnc(OCCc2cccs2)c1. The molecule has 2 N–H and O–H groups in total. The number of hydrogen-bond acceptors (Lipinski definition) is 4. The number of aromatic nitrogens is 1. The van der Waals surface area contributed by atoms with Crippen molar-refractivity contribution >= 4 is 11.3 Å². The number of pyridine rings is 1. The van der Waals surface area contributed by atoms with E-state index in [0.717, 1.165) is 12.0 Å². The summed E-state index contributed by atoms with van der Waals surface area (Å²) < 4.78 is 5.56. The Balaban J connectivity index is 1.85. The van der Waals surface area contributed by atoms with Crippen LogP contribution in [-0.2, 0) is 13.0 Å². The zero-order valence-electron chi connectivity index (χ0n) is 8.93. The van der Waals surface area contributed by atoms with Crippen LogP contribution in [0.5, 0.6) is 5.88 Å². The van der Waals surface area contributed by atoms with Gasteiger partial charge in [0.1, 0.15) is 0 Å². The van der Waals surface area contributed by atoms with Gasteiger partial charge < -0.3 is 10.5 Å². The van der Waals surface area contributed by atoms with Crippen LogP contribution in [0, 0.1) is 0 Å². The van der Waals surface area contributed by atoms with Crippen LogP contribution in [0.15, 0.2) is 35.8 Å². The van der Waals surface area contributed by atoms with E-state index in [-0.39, 0.29) is 0 Å². The van der Waals surface area contributed by atoms with E-state index in [0.29, 0.717) is 19.0 Å². The lowest BCUT2D eigenvalue weighted by atomic mass is 10.3. The van der Waals surface area contributed by atoms with Gasteiger partial charge in [0, 0.05) is 30.1 Å². The molecule has 16 heavy (non-hydrogen) atoms. The molecule has 0 aliphatic heterocycles. The minimum absolute atomic E-state index is 0.518. The summed E-state index contributed by atoms with van der Waals surface area (Å²) in [6.07, 6.45) is 2.65. The molecule has 2 heterocycles. The Labute approximate surface area is 98.9 Å². The van der Waals surface area contributed by atoms with E-state index in [1.807, 2.05) is 18.2 Å². The third kappa shape index (κ3) is 3.05. The summed E-state index contributed by atoms with van der Waals surface area (Å²) in [7, 11) is 0. The Hall–Kier alpha value is -1.39. The van der Waals surface area contributed by atoms with E-state index in [9.17, 15) is 0 Å². The third-order valence-corrected chi connectivity index (χ3v) is 3.15. The molecule has 0 saturated carbocycles. The van der Waals surface area contributed by atoms with Crippen molar-refractivity contribution in [1.29, 1.82) is 0 Å². The van der Waals surface area contributed by atoms with Crippen molar-refractivity contribution in [3.05, 3.63) is 46.3 Å². The van der Waals surface area contributed by atoms with Gasteiger partial charge in [0.25, 0.3) is 0 Å². The average Bonchev–Trinajstić information content (AvgIpc) is 2.82. The number of ether oxygens (including phenoxy) is 1.